The molecule has 1 amide bonds. The van der Waals surface area contributed by atoms with Gasteiger partial charge in [0.15, 0.2) is 0 Å². The molecule has 2 aromatic carbocycles. The third-order valence-electron chi connectivity index (χ3n) is 3.59. The molecule has 2 rings (SSSR count). The Bertz CT molecular complexity index is 979. The van der Waals surface area contributed by atoms with Gasteiger partial charge in [0.25, 0.3) is 10.0 Å². The fraction of sp³-hybridized carbons (Fsp3) is 0.176. The minimum Gasteiger partial charge on any atom is -0.480 e. The van der Waals surface area contributed by atoms with Crippen molar-refractivity contribution in [3.63, 3.8) is 0 Å². The van der Waals surface area contributed by atoms with E-state index in [1.807, 2.05) is 0 Å². The smallest absolute Gasteiger partial charge is 0.327 e. The number of halogens is 2. The van der Waals surface area contributed by atoms with Crippen LogP contribution in [-0.2, 0) is 19.6 Å². The normalized spacial score (nSPS) is 12.3. The maximum absolute atomic E-state index is 13.2. The lowest BCUT2D eigenvalue weighted by atomic mass is 10.2. The van der Waals surface area contributed by atoms with E-state index in [0.717, 1.165) is 4.31 Å². The first-order valence-electron chi connectivity index (χ1n) is 7.64. The number of carbonyl (C=O) groups is 2. The van der Waals surface area contributed by atoms with E-state index >= 15 is 0 Å². The fourth-order valence-electron chi connectivity index (χ4n) is 2.33. The number of anilines is 2. The van der Waals surface area contributed by atoms with Crippen molar-refractivity contribution in [2.45, 2.75) is 24.8 Å². The van der Waals surface area contributed by atoms with Crippen molar-refractivity contribution in [2.75, 3.05) is 9.62 Å². The lowest BCUT2D eigenvalue weighted by Crippen LogP contribution is -2.43. The zero-order chi connectivity index (χ0) is 20.4. The van der Waals surface area contributed by atoms with E-state index in [1.54, 1.807) is 6.07 Å². The molecule has 0 saturated heterocycles. The van der Waals surface area contributed by atoms with Gasteiger partial charge < -0.3 is 10.4 Å². The van der Waals surface area contributed by atoms with Gasteiger partial charge in [-0.25, -0.2) is 13.2 Å². The maximum atomic E-state index is 13.2. The SMILES string of the molecule is CC(=O)Nc1ccc(S(=O)(=O)N(c2ccc(Br)cc2Cl)C(C)C(=O)O)cc1. The number of amides is 1. The van der Waals surface area contributed by atoms with E-state index in [4.69, 9.17) is 11.6 Å². The molecule has 144 valence electrons. The third-order valence-corrected chi connectivity index (χ3v) is 6.28. The summed E-state index contributed by atoms with van der Waals surface area (Å²) in [6.45, 7) is 2.58. The quantitative estimate of drug-likeness (QED) is 0.662. The predicted octanol–water partition coefficient (Wildman–Crippen LogP) is 3.73. The molecule has 1 unspecified atom stereocenters. The van der Waals surface area contributed by atoms with Crippen LogP contribution in [0.3, 0.4) is 0 Å². The highest BCUT2D eigenvalue weighted by Crippen LogP contribution is 2.34. The van der Waals surface area contributed by atoms with Crippen LogP contribution >= 0.6 is 27.5 Å². The van der Waals surface area contributed by atoms with Crippen molar-refractivity contribution in [1.82, 2.24) is 0 Å². The molecule has 0 aliphatic rings. The van der Waals surface area contributed by atoms with Gasteiger partial charge in [-0.2, -0.15) is 0 Å². The molecule has 2 N–H and O–H groups in total. The highest BCUT2D eigenvalue weighted by atomic mass is 79.9. The number of aliphatic carboxylic acids is 1. The van der Waals surface area contributed by atoms with Crippen LogP contribution in [-0.4, -0.2) is 31.4 Å². The number of hydrogen-bond donors (Lipinski definition) is 2. The Morgan fingerprint density at radius 3 is 2.26 bits per heavy atom. The summed E-state index contributed by atoms with van der Waals surface area (Å²) in [5.74, 6) is -1.62. The number of hydrogen-bond acceptors (Lipinski definition) is 4. The van der Waals surface area contributed by atoms with Gasteiger partial charge in [-0.3, -0.25) is 9.10 Å². The second kappa shape index (κ2) is 8.28. The summed E-state index contributed by atoms with van der Waals surface area (Å²) in [6.07, 6.45) is 0. The first kappa shape index (κ1) is 21.2. The number of carboxylic acids is 1. The summed E-state index contributed by atoms with van der Waals surface area (Å²) in [5.41, 5.74) is 0.460. The molecule has 0 saturated carbocycles. The summed E-state index contributed by atoms with van der Waals surface area (Å²) in [7, 11) is -4.24. The molecule has 1 atom stereocenters. The van der Waals surface area contributed by atoms with E-state index in [2.05, 4.69) is 21.2 Å². The second-order valence-electron chi connectivity index (χ2n) is 5.62. The van der Waals surface area contributed by atoms with Gasteiger partial charge in [0, 0.05) is 17.1 Å². The van der Waals surface area contributed by atoms with Crippen LogP contribution in [0, 0.1) is 0 Å². The number of nitrogens with zero attached hydrogens (tertiary/aromatic N) is 1. The van der Waals surface area contributed by atoms with Gasteiger partial charge in [0.2, 0.25) is 5.91 Å². The molecule has 0 spiro atoms. The number of rotatable bonds is 6. The Morgan fingerprint density at radius 2 is 1.78 bits per heavy atom. The van der Waals surface area contributed by atoms with Gasteiger partial charge in [-0.15, -0.1) is 0 Å². The average Bonchev–Trinajstić information content (AvgIpc) is 2.56. The standard InChI is InChI=1S/C17H16BrClN2O5S/c1-10(17(23)24)21(16-8-3-12(18)9-15(16)19)27(25,26)14-6-4-13(5-7-14)20-11(2)22/h3-10H,1-2H3,(H,20,22)(H,23,24). The van der Waals surface area contributed by atoms with Crippen LogP contribution in [0.4, 0.5) is 11.4 Å². The van der Waals surface area contributed by atoms with Crippen LogP contribution in [0.2, 0.25) is 5.02 Å². The predicted molar refractivity (Wildman–Crippen MR) is 107 cm³/mol. The van der Waals surface area contributed by atoms with Crippen molar-refractivity contribution in [2.24, 2.45) is 0 Å². The zero-order valence-electron chi connectivity index (χ0n) is 14.3. The monoisotopic (exact) mass is 474 g/mol. The highest BCUT2D eigenvalue weighted by Gasteiger charge is 2.34. The molecule has 0 aromatic heterocycles. The molecule has 0 bridgehead atoms. The summed E-state index contributed by atoms with van der Waals surface area (Å²) in [6, 6.07) is 8.48. The fourth-order valence-corrected chi connectivity index (χ4v) is 4.78. The first-order chi connectivity index (χ1) is 12.5. The highest BCUT2D eigenvalue weighted by molar-refractivity contribution is 9.10. The first-order valence-corrected chi connectivity index (χ1v) is 10.2. The van der Waals surface area contributed by atoms with Crippen LogP contribution in [0.25, 0.3) is 0 Å². The molecule has 27 heavy (non-hydrogen) atoms. The van der Waals surface area contributed by atoms with E-state index in [1.165, 1.54) is 50.2 Å². The van der Waals surface area contributed by atoms with Crippen molar-refractivity contribution >= 4 is 60.8 Å². The number of sulfonamides is 1. The van der Waals surface area contributed by atoms with Crippen LogP contribution in [0.5, 0.6) is 0 Å². The average molecular weight is 476 g/mol. The largest absolute Gasteiger partial charge is 0.480 e. The van der Waals surface area contributed by atoms with Gasteiger partial charge >= 0.3 is 5.97 Å². The minimum absolute atomic E-state index is 0.0423. The second-order valence-corrected chi connectivity index (χ2v) is 8.75. The lowest BCUT2D eigenvalue weighted by Gasteiger charge is -2.29. The molecular formula is C17H16BrClN2O5S. The Kier molecular flexibility index (Phi) is 6.50. The molecule has 7 nitrogen and oxygen atoms in total. The van der Waals surface area contributed by atoms with E-state index in [9.17, 15) is 23.1 Å². The Morgan fingerprint density at radius 1 is 1.19 bits per heavy atom. The Labute approximate surface area is 170 Å². The Hall–Kier alpha value is -2.10. The summed E-state index contributed by atoms with van der Waals surface area (Å²) in [5, 5.41) is 12.0. The van der Waals surface area contributed by atoms with Crippen molar-refractivity contribution < 1.29 is 23.1 Å². The number of nitrogens with one attached hydrogen (secondary N) is 1. The van der Waals surface area contributed by atoms with Gasteiger partial charge in [0.05, 0.1) is 15.6 Å². The summed E-state index contributed by atoms with van der Waals surface area (Å²) in [4.78, 5) is 22.5. The van der Waals surface area contributed by atoms with Crippen molar-refractivity contribution in [3.8, 4) is 0 Å². The minimum atomic E-state index is -4.24. The molecule has 0 heterocycles. The third kappa shape index (κ3) is 4.79. The summed E-state index contributed by atoms with van der Waals surface area (Å²) >= 11 is 9.40. The van der Waals surface area contributed by atoms with Crippen LogP contribution in [0.1, 0.15) is 13.8 Å². The Balaban J connectivity index is 2.56. The van der Waals surface area contributed by atoms with Gasteiger partial charge in [-0.05, 0) is 49.4 Å². The van der Waals surface area contributed by atoms with Crippen molar-refractivity contribution in [1.29, 1.82) is 0 Å². The molecule has 0 aliphatic carbocycles. The number of carboxylic acid groups (broad SMARTS) is 1. The maximum Gasteiger partial charge on any atom is 0.327 e. The van der Waals surface area contributed by atoms with Crippen molar-refractivity contribution in [3.05, 3.63) is 52.0 Å². The van der Waals surface area contributed by atoms with E-state index in [0.29, 0.717) is 10.2 Å². The molecule has 10 heteroatoms. The molecule has 0 radical (unpaired) electrons. The van der Waals surface area contributed by atoms with E-state index in [-0.39, 0.29) is 21.5 Å². The van der Waals surface area contributed by atoms with E-state index < -0.39 is 22.0 Å². The molecule has 0 aliphatic heterocycles. The van der Waals surface area contributed by atoms with Crippen LogP contribution < -0.4 is 9.62 Å². The van der Waals surface area contributed by atoms with Gasteiger partial charge in [-0.1, -0.05) is 27.5 Å². The number of benzene rings is 2. The zero-order valence-corrected chi connectivity index (χ0v) is 17.5. The van der Waals surface area contributed by atoms with Crippen LogP contribution in [0.15, 0.2) is 51.8 Å². The number of carbonyl (C=O) groups excluding carboxylic acids is 1. The van der Waals surface area contributed by atoms with Gasteiger partial charge in [0.1, 0.15) is 6.04 Å². The topological polar surface area (TPSA) is 104 Å². The summed E-state index contributed by atoms with van der Waals surface area (Å²) < 4.78 is 27.7. The molecule has 2 aromatic rings. The molecular weight excluding hydrogens is 460 g/mol. The lowest BCUT2D eigenvalue weighted by molar-refractivity contribution is -0.137. The molecule has 0 fully saturated rings.